The summed E-state index contributed by atoms with van der Waals surface area (Å²) in [4.78, 5) is 6.60. The molecule has 0 amide bonds. The highest BCUT2D eigenvalue weighted by Crippen LogP contribution is 2.25. The Morgan fingerprint density at radius 1 is 1.35 bits per heavy atom. The Hall–Kier alpha value is -1.72. The number of ether oxygens (including phenoxy) is 1. The van der Waals surface area contributed by atoms with Crippen molar-refractivity contribution in [3.8, 4) is 0 Å². The van der Waals surface area contributed by atoms with Crippen LogP contribution < -0.4 is 0 Å². The lowest BCUT2D eigenvalue weighted by atomic mass is 9.92. The summed E-state index contributed by atoms with van der Waals surface area (Å²) in [6.07, 6.45) is 6.65. The third-order valence-electron chi connectivity index (χ3n) is 4.80. The number of nitrogens with zero attached hydrogens (tertiary/aromatic N) is 3. The van der Waals surface area contributed by atoms with Crippen molar-refractivity contribution in [2.45, 2.75) is 38.0 Å². The van der Waals surface area contributed by atoms with E-state index in [1.807, 2.05) is 36.3 Å². The van der Waals surface area contributed by atoms with Crippen molar-refractivity contribution < 1.29 is 9.13 Å². The Kier molecular flexibility index (Phi) is 5.08. The first-order valence-corrected chi connectivity index (χ1v) is 8.14. The van der Waals surface area contributed by atoms with Crippen LogP contribution in [-0.2, 0) is 24.8 Å². The van der Waals surface area contributed by atoms with Gasteiger partial charge in [-0.25, -0.2) is 9.37 Å². The standard InChI is InChI=1S/C18H24FN3O/c1-21-13-20-11-15(21)12-22-9-5-8-18(23-2)17(22)10-14-6-3-4-7-16(14)19/h3-4,6-7,11,13,17-18H,5,8-10,12H2,1-2H3/t17-,18-/m0/s1. The second-order valence-electron chi connectivity index (χ2n) is 6.25. The van der Waals surface area contributed by atoms with E-state index >= 15 is 0 Å². The Bertz CT molecular complexity index is 643. The number of halogens is 1. The predicted molar refractivity (Wildman–Crippen MR) is 87.5 cm³/mol. The van der Waals surface area contributed by atoms with Gasteiger partial charge in [0.1, 0.15) is 5.82 Å². The smallest absolute Gasteiger partial charge is 0.126 e. The monoisotopic (exact) mass is 317 g/mol. The van der Waals surface area contributed by atoms with Crippen LogP contribution in [0.3, 0.4) is 0 Å². The summed E-state index contributed by atoms with van der Waals surface area (Å²) < 4.78 is 21.8. The summed E-state index contributed by atoms with van der Waals surface area (Å²) in [6.45, 7) is 1.82. The van der Waals surface area contributed by atoms with Gasteiger partial charge in [0.15, 0.2) is 0 Å². The van der Waals surface area contributed by atoms with E-state index in [0.717, 1.165) is 31.5 Å². The number of aryl methyl sites for hydroxylation is 1. The van der Waals surface area contributed by atoms with E-state index in [0.29, 0.717) is 6.42 Å². The van der Waals surface area contributed by atoms with E-state index in [1.54, 1.807) is 13.2 Å². The molecule has 0 unspecified atom stereocenters. The maximum Gasteiger partial charge on any atom is 0.126 e. The van der Waals surface area contributed by atoms with Crippen LogP contribution in [0.1, 0.15) is 24.1 Å². The second kappa shape index (κ2) is 7.23. The van der Waals surface area contributed by atoms with E-state index in [4.69, 9.17) is 4.74 Å². The van der Waals surface area contributed by atoms with Gasteiger partial charge in [-0.3, -0.25) is 4.90 Å². The Morgan fingerprint density at radius 2 is 2.17 bits per heavy atom. The second-order valence-corrected chi connectivity index (χ2v) is 6.25. The predicted octanol–water partition coefficient (Wildman–Crippen LogP) is 2.78. The lowest BCUT2D eigenvalue weighted by Gasteiger charge is -2.40. The summed E-state index contributed by atoms with van der Waals surface area (Å²) in [5.41, 5.74) is 1.93. The number of piperidine rings is 1. The van der Waals surface area contributed by atoms with Gasteiger partial charge < -0.3 is 9.30 Å². The molecule has 23 heavy (non-hydrogen) atoms. The molecule has 1 aliphatic heterocycles. The van der Waals surface area contributed by atoms with Gasteiger partial charge >= 0.3 is 0 Å². The fourth-order valence-electron chi connectivity index (χ4n) is 3.45. The van der Waals surface area contributed by atoms with Crippen LogP contribution in [0.2, 0.25) is 0 Å². The average Bonchev–Trinajstić information content (AvgIpc) is 2.96. The molecule has 0 saturated carbocycles. The van der Waals surface area contributed by atoms with E-state index in [9.17, 15) is 4.39 Å². The quantitative estimate of drug-likeness (QED) is 0.849. The van der Waals surface area contributed by atoms with Gasteiger partial charge in [0, 0.05) is 32.9 Å². The molecule has 1 aromatic heterocycles. The molecular weight excluding hydrogens is 293 g/mol. The minimum absolute atomic E-state index is 0.131. The lowest BCUT2D eigenvalue weighted by Crippen LogP contribution is -2.50. The molecule has 0 spiro atoms. The van der Waals surface area contributed by atoms with Gasteiger partial charge in [-0.2, -0.15) is 0 Å². The van der Waals surface area contributed by atoms with E-state index in [2.05, 4.69) is 9.88 Å². The molecule has 1 aromatic carbocycles. The maximum absolute atomic E-state index is 14.1. The summed E-state index contributed by atoms with van der Waals surface area (Å²) >= 11 is 0. The zero-order chi connectivity index (χ0) is 16.2. The van der Waals surface area contributed by atoms with Gasteiger partial charge in [-0.15, -0.1) is 0 Å². The topological polar surface area (TPSA) is 30.3 Å². The highest BCUT2D eigenvalue weighted by Gasteiger charge is 2.32. The Morgan fingerprint density at radius 3 is 2.87 bits per heavy atom. The fraction of sp³-hybridized carbons (Fsp3) is 0.500. The molecule has 1 saturated heterocycles. The molecule has 0 N–H and O–H groups in total. The molecule has 2 aromatic rings. The normalized spacial score (nSPS) is 22.4. The molecule has 0 radical (unpaired) electrons. The lowest BCUT2D eigenvalue weighted by molar-refractivity contribution is -0.0227. The van der Waals surface area contributed by atoms with Crippen LogP contribution >= 0.6 is 0 Å². The highest BCUT2D eigenvalue weighted by atomic mass is 19.1. The van der Waals surface area contributed by atoms with Crippen LogP contribution in [-0.4, -0.2) is 40.3 Å². The highest BCUT2D eigenvalue weighted by molar-refractivity contribution is 5.19. The van der Waals surface area contributed by atoms with Gasteiger partial charge in [0.25, 0.3) is 0 Å². The van der Waals surface area contributed by atoms with Crippen molar-refractivity contribution in [2.75, 3.05) is 13.7 Å². The van der Waals surface area contributed by atoms with Crippen molar-refractivity contribution in [2.24, 2.45) is 7.05 Å². The number of methoxy groups -OCH3 is 1. The van der Waals surface area contributed by atoms with Crippen molar-refractivity contribution in [1.29, 1.82) is 0 Å². The first-order valence-electron chi connectivity index (χ1n) is 8.14. The first-order chi connectivity index (χ1) is 11.2. The zero-order valence-electron chi connectivity index (χ0n) is 13.8. The third kappa shape index (κ3) is 3.62. The molecule has 0 aliphatic carbocycles. The van der Waals surface area contributed by atoms with E-state index < -0.39 is 0 Å². The van der Waals surface area contributed by atoms with Crippen LogP contribution in [0.5, 0.6) is 0 Å². The summed E-state index contributed by atoms with van der Waals surface area (Å²) in [5, 5.41) is 0. The van der Waals surface area contributed by atoms with Gasteiger partial charge in [0.2, 0.25) is 0 Å². The first kappa shape index (κ1) is 16.1. The minimum atomic E-state index is -0.131. The molecule has 1 fully saturated rings. The van der Waals surface area contributed by atoms with Crippen molar-refractivity contribution in [3.05, 3.63) is 53.9 Å². The fourth-order valence-corrected chi connectivity index (χ4v) is 3.45. The van der Waals surface area contributed by atoms with Gasteiger partial charge in [-0.1, -0.05) is 18.2 Å². The number of hydrogen-bond acceptors (Lipinski definition) is 3. The molecular formula is C18H24FN3O. The Labute approximate surface area is 136 Å². The van der Waals surface area contributed by atoms with Crippen molar-refractivity contribution >= 4 is 0 Å². The van der Waals surface area contributed by atoms with Crippen LogP contribution in [0.15, 0.2) is 36.8 Å². The molecule has 5 heteroatoms. The number of benzene rings is 1. The number of likely N-dealkylation sites (tertiary alicyclic amines) is 1. The molecule has 2 heterocycles. The SMILES string of the molecule is CO[C@H]1CCCN(Cc2cncn2C)[C@H]1Cc1ccccc1F. The summed E-state index contributed by atoms with van der Waals surface area (Å²) in [6, 6.07) is 7.22. The number of aromatic nitrogens is 2. The van der Waals surface area contributed by atoms with Gasteiger partial charge in [-0.05, 0) is 37.4 Å². The Balaban J connectivity index is 1.81. The molecule has 2 atom stereocenters. The summed E-state index contributed by atoms with van der Waals surface area (Å²) in [5.74, 6) is -0.131. The largest absolute Gasteiger partial charge is 0.380 e. The minimum Gasteiger partial charge on any atom is -0.380 e. The summed E-state index contributed by atoms with van der Waals surface area (Å²) in [7, 11) is 3.76. The van der Waals surface area contributed by atoms with Gasteiger partial charge in [0.05, 0.1) is 18.1 Å². The average molecular weight is 317 g/mol. The molecule has 3 rings (SSSR count). The molecule has 4 nitrogen and oxygen atoms in total. The number of hydrogen-bond donors (Lipinski definition) is 0. The number of rotatable bonds is 5. The molecule has 0 bridgehead atoms. The maximum atomic E-state index is 14.1. The van der Waals surface area contributed by atoms with Crippen LogP contribution in [0, 0.1) is 5.82 Å². The van der Waals surface area contributed by atoms with Crippen LogP contribution in [0.4, 0.5) is 4.39 Å². The molecule has 124 valence electrons. The van der Waals surface area contributed by atoms with Crippen molar-refractivity contribution in [3.63, 3.8) is 0 Å². The zero-order valence-corrected chi connectivity index (χ0v) is 13.8. The van der Waals surface area contributed by atoms with Crippen LogP contribution in [0.25, 0.3) is 0 Å². The number of imidazole rings is 1. The van der Waals surface area contributed by atoms with E-state index in [-0.39, 0.29) is 18.0 Å². The van der Waals surface area contributed by atoms with Crippen molar-refractivity contribution in [1.82, 2.24) is 14.5 Å². The third-order valence-corrected chi connectivity index (χ3v) is 4.80. The van der Waals surface area contributed by atoms with E-state index in [1.165, 1.54) is 11.8 Å². The molecule has 1 aliphatic rings.